The van der Waals surface area contributed by atoms with E-state index in [9.17, 15) is 14.4 Å². The Morgan fingerprint density at radius 2 is 2.06 bits per heavy atom. The quantitative estimate of drug-likeness (QED) is 0.662. The van der Waals surface area contributed by atoms with Crippen LogP contribution in [0, 0.1) is 17.3 Å². The van der Waals surface area contributed by atoms with Gasteiger partial charge < -0.3 is 15.2 Å². The number of benzene rings is 1. The Morgan fingerprint density at radius 3 is 2.83 bits per heavy atom. The molecule has 0 bridgehead atoms. The Kier molecular flexibility index (Phi) is 5.14. The molecule has 1 amide bonds. The number of hydrogen-bond donors (Lipinski definition) is 1. The van der Waals surface area contributed by atoms with Crippen molar-refractivity contribution in [1.82, 2.24) is 4.98 Å². The minimum atomic E-state index is -0.550. The molecule has 1 unspecified atom stereocenters. The standard InChI is InChI=1S/C29H28N2O5/c1-15(32)35-25-13-22-27-16(10-21-23(33)11-18(28(30)34)12-24(21)36-27)6-8-29(22,2)26(25)20-5-3-4-17-14-31-9-7-19(17)20/h3-10,14,18,22,25-27H,11-13H2,1-2H3,(H2,30,34)/t18?,22-,25+,26-,27+,29-/m0/s1. The third-order valence-corrected chi connectivity index (χ3v) is 8.47. The summed E-state index contributed by atoms with van der Waals surface area (Å²) < 4.78 is 12.5. The van der Waals surface area contributed by atoms with Crippen molar-refractivity contribution in [2.45, 2.75) is 51.2 Å². The molecule has 1 saturated carbocycles. The summed E-state index contributed by atoms with van der Waals surface area (Å²) in [6.45, 7) is 3.64. The molecule has 36 heavy (non-hydrogen) atoms. The van der Waals surface area contributed by atoms with Gasteiger partial charge in [0.1, 0.15) is 18.0 Å². The summed E-state index contributed by atoms with van der Waals surface area (Å²) >= 11 is 0. The molecule has 0 radical (unpaired) electrons. The molecule has 1 aromatic carbocycles. The second kappa shape index (κ2) is 8.15. The minimum absolute atomic E-state index is 0.00157. The normalized spacial score (nSPS) is 32.8. The minimum Gasteiger partial charge on any atom is -0.489 e. The predicted molar refractivity (Wildman–Crippen MR) is 132 cm³/mol. The van der Waals surface area contributed by atoms with Crippen LogP contribution in [0.3, 0.4) is 0 Å². The second-order valence-electron chi connectivity index (χ2n) is 10.6. The zero-order valence-electron chi connectivity index (χ0n) is 20.3. The average Bonchev–Trinajstić information content (AvgIpc) is 3.14. The van der Waals surface area contributed by atoms with Crippen LogP contribution in [-0.2, 0) is 23.9 Å². The first-order valence-electron chi connectivity index (χ1n) is 12.4. The lowest BCUT2D eigenvalue weighted by molar-refractivity contribution is -0.147. The fourth-order valence-electron chi connectivity index (χ4n) is 6.80. The molecule has 0 spiro atoms. The Balaban J connectivity index is 1.44. The van der Waals surface area contributed by atoms with Crippen molar-refractivity contribution in [1.29, 1.82) is 0 Å². The number of primary amides is 1. The monoisotopic (exact) mass is 484 g/mol. The predicted octanol–water partition coefficient (Wildman–Crippen LogP) is 3.89. The lowest BCUT2D eigenvalue weighted by atomic mass is 9.64. The molecule has 2 N–H and O–H groups in total. The van der Waals surface area contributed by atoms with Gasteiger partial charge in [0.2, 0.25) is 5.91 Å². The van der Waals surface area contributed by atoms with Gasteiger partial charge in [-0.15, -0.1) is 0 Å². The fraction of sp³-hybridized carbons (Fsp3) is 0.379. The summed E-state index contributed by atoms with van der Waals surface area (Å²) in [4.78, 5) is 41.1. The summed E-state index contributed by atoms with van der Waals surface area (Å²) in [5, 5.41) is 2.12. The highest BCUT2D eigenvalue weighted by Gasteiger charge is 2.58. The number of ether oxygens (including phenoxy) is 2. The van der Waals surface area contributed by atoms with Crippen LogP contribution in [0.1, 0.15) is 44.6 Å². The Labute approximate surface area is 209 Å². The Bertz CT molecular complexity index is 1400. The number of allylic oxidation sites excluding steroid dienone is 4. The Morgan fingerprint density at radius 1 is 1.22 bits per heavy atom. The zero-order chi connectivity index (χ0) is 25.2. The van der Waals surface area contributed by atoms with Gasteiger partial charge in [-0.1, -0.05) is 37.3 Å². The van der Waals surface area contributed by atoms with E-state index in [1.165, 1.54) is 6.92 Å². The highest BCUT2D eigenvalue weighted by Crippen LogP contribution is 2.61. The van der Waals surface area contributed by atoms with Gasteiger partial charge in [-0.25, -0.2) is 0 Å². The van der Waals surface area contributed by atoms with Crippen molar-refractivity contribution >= 4 is 28.4 Å². The fourth-order valence-corrected chi connectivity index (χ4v) is 6.80. The lowest BCUT2D eigenvalue weighted by Gasteiger charge is -2.44. The number of esters is 1. The van der Waals surface area contributed by atoms with Crippen LogP contribution < -0.4 is 5.73 Å². The molecule has 2 aromatic rings. The van der Waals surface area contributed by atoms with Gasteiger partial charge in [-0.2, -0.15) is 0 Å². The number of rotatable bonds is 3. The summed E-state index contributed by atoms with van der Waals surface area (Å²) in [5.74, 6) is -1.01. The topological polar surface area (TPSA) is 109 Å². The number of aromatic nitrogens is 1. The third kappa shape index (κ3) is 3.40. The van der Waals surface area contributed by atoms with E-state index in [0.717, 1.165) is 21.9 Å². The third-order valence-electron chi connectivity index (χ3n) is 8.47. The number of pyridine rings is 1. The molecule has 2 heterocycles. The van der Waals surface area contributed by atoms with E-state index in [1.807, 2.05) is 36.5 Å². The van der Waals surface area contributed by atoms with Crippen LogP contribution in [0.5, 0.6) is 0 Å². The van der Waals surface area contributed by atoms with Gasteiger partial charge in [-0.3, -0.25) is 19.4 Å². The van der Waals surface area contributed by atoms with E-state index in [1.54, 1.807) is 6.20 Å². The number of fused-ring (bicyclic) bond motifs is 4. The molecule has 1 fully saturated rings. The average molecular weight is 485 g/mol. The van der Waals surface area contributed by atoms with Crippen molar-refractivity contribution < 1.29 is 23.9 Å². The molecule has 4 aliphatic rings. The van der Waals surface area contributed by atoms with Crippen molar-refractivity contribution in [3.05, 3.63) is 77.4 Å². The van der Waals surface area contributed by atoms with E-state index >= 15 is 0 Å². The lowest BCUT2D eigenvalue weighted by Crippen LogP contribution is -2.42. The number of hydrogen-bond acceptors (Lipinski definition) is 6. The van der Waals surface area contributed by atoms with Crippen LogP contribution in [-0.4, -0.2) is 34.9 Å². The summed E-state index contributed by atoms with van der Waals surface area (Å²) in [6.07, 6.45) is 10.2. The number of amides is 1. The molecule has 6 rings (SSSR count). The molecule has 3 aliphatic carbocycles. The van der Waals surface area contributed by atoms with Gasteiger partial charge in [0, 0.05) is 54.8 Å². The maximum Gasteiger partial charge on any atom is 0.302 e. The van der Waals surface area contributed by atoms with E-state index in [-0.39, 0.29) is 47.6 Å². The SMILES string of the molecule is CC(=O)O[C@@H]1C[C@H]2[C@@H]3OC4=C(C=C3C=C[C@]2(C)[C@H]1c1cccc2cnccc12)C(=O)CC(C(N)=O)C4. The smallest absolute Gasteiger partial charge is 0.302 e. The molecular weight excluding hydrogens is 456 g/mol. The van der Waals surface area contributed by atoms with Crippen molar-refractivity contribution in [3.8, 4) is 0 Å². The van der Waals surface area contributed by atoms with Crippen LogP contribution >= 0.6 is 0 Å². The van der Waals surface area contributed by atoms with E-state index in [2.05, 4.69) is 24.1 Å². The maximum atomic E-state index is 12.8. The molecular formula is C29H28N2O5. The van der Waals surface area contributed by atoms with Crippen molar-refractivity contribution in [2.24, 2.45) is 23.0 Å². The number of ketones is 1. The number of carbonyl (C=O) groups is 3. The van der Waals surface area contributed by atoms with Gasteiger partial charge in [0.05, 0.1) is 11.5 Å². The van der Waals surface area contributed by atoms with Crippen LogP contribution in [0.4, 0.5) is 0 Å². The molecule has 1 aromatic heterocycles. The van der Waals surface area contributed by atoms with Gasteiger partial charge >= 0.3 is 5.97 Å². The van der Waals surface area contributed by atoms with E-state index in [0.29, 0.717) is 24.2 Å². The summed E-state index contributed by atoms with van der Waals surface area (Å²) in [6, 6.07) is 8.17. The summed E-state index contributed by atoms with van der Waals surface area (Å²) in [7, 11) is 0. The van der Waals surface area contributed by atoms with Gasteiger partial charge in [0.25, 0.3) is 0 Å². The Hall–Kier alpha value is -3.74. The van der Waals surface area contributed by atoms with Crippen LogP contribution in [0.15, 0.2) is 71.8 Å². The number of Topliss-reactive ketones (excluding diaryl/α,β-unsaturated/α-hetero) is 1. The van der Waals surface area contributed by atoms with Gasteiger partial charge in [0.15, 0.2) is 5.78 Å². The van der Waals surface area contributed by atoms with E-state index < -0.39 is 11.8 Å². The molecule has 0 saturated heterocycles. The van der Waals surface area contributed by atoms with Crippen molar-refractivity contribution in [3.63, 3.8) is 0 Å². The second-order valence-corrected chi connectivity index (χ2v) is 10.6. The van der Waals surface area contributed by atoms with Crippen LogP contribution in [0.2, 0.25) is 0 Å². The molecule has 7 nitrogen and oxygen atoms in total. The molecule has 1 aliphatic heterocycles. The first-order valence-corrected chi connectivity index (χ1v) is 12.4. The zero-order valence-corrected chi connectivity index (χ0v) is 20.3. The van der Waals surface area contributed by atoms with E-state index in [4.69, 9.17) is 15.2 Å². The summed E-state index contributed by atoms with van der Waals surface area (Å²) in [5.41, 5.74) is 7.75. The highest BCUT2D eigenvalue weighted by atomic mass is 16.5. The molecule has 7 heteroatoms. The van der Waals surface area contributed by atoms with Crippen LogP contribution in [0.25, 0.3) is 10.8 Å². The highest BCUT2D eigenvalue weighted by molar-refractivity contribution is 6.02. The number of nitrogens with two attached hydrogens (primary N) is 1. The first kappa shape index (κ1) is 22.7. The molecule has 6 atom stereocenters. The maximum absolute atomic E-state index is 12.8. The number of nitrogens with zero attached hydrogens (tertiary/aromatic N) is 1. The first-order chi connectivity index (χ1) is 17.3. The van der Waals surface area contributed by atoms with Gasteiger partial charge in [-0.05, 0) is 35.1 Å². The molecule has 184 valence electrons. The van der Waals surface area contributed by atoms with Crippen molar-refractivity contribution in [2.75, 3.05) is 0 Å². The largest absolute Gasteiger partial charge is 0.489 e. The number of carbonyl (C=O) groups excluding carboxylic acids is 3.